The molecule has 166 valence electrons. The van der Waals surface area contributed by atoms with Crippen LogP contribution in [0.5, 0.6) is 0 Å². The zero-order chi connectivity index (χ0) is 22.9. The van der Waals surface area contributed by atoms with Crippen molar-refractivity contribution in [2.45, 2.75) is 38.8 Å². The van der Waals surface area contributed by atoms with Crippen molar-refractivity contribution in [2.75, 3.05) is 6.54 Å². The molecule has 2 amide bonds. The van der Waals surface area contributed by atoms with Crippen molar-refractivity contribution in [3.8, 4) is 0 Å². The molecule has 0 aromatic heterocycles. The van der Waals surface area contributed by atoms with Gasteiger partial charge in [-0.3, -0.25) is 9.59 Å². The van der Waals surface area contributed by atoms with Gasteiger partial charge in [0.2, 0.25) is 11.8 Å². The number of benzene rings is 3. The number of halogens is 1. The van der Waals surface area contributed by atoms with Crippen molar-refractivity contribution in [3.63, 3.8) is 0 Å². The van der Waals surface area contributed by atoms with Crippen LogP contribution in [0.15, 0.2) is 84.9 Å². The molecule has 0 bridgehead atoms. The molecule has 0 unspecified atom stereocenters. The lowest BCUT2D eigenvalue weighted by Crippen LogP contribution is -2.47. The van der Waals surface area contributed by atoms with Crippen LogP contribution in [0.3, 0.4) is 0 Å². The van der Waals surface area contributed by atoms with E-state index in [4.69, 9.17) is 11.6 Å². The zero-order valence-electron chi connectivity index (χ0n) is 18.5. The Morgan fingerprint density at radius 2 is 1.41 bits per heavy atom. The van der Waals surface area contributed by atoms with E-state index in [0.717, 1.165) is 16.7 Å². The van der Waals surface area contributed by atoms with Crippen molar-refractivity contribution in [2.24, 2.45) is 0 Å². The van der Waals surface area contributed by atoms with Crippen LogP contribution in [0.4, 0.5) is 0 Å². The van der Waals surface area contributed by atoms with Crippen LogP contribution in [0.1, 0.15) is 42.9 Å². The second-order valence-electron chi connectivity index (χ2n) is 7.76. The number of rotatable bonds is 9. The first-order chi connectivity index (χ1) is 15.5. The molecule has 1 atom stereocenters. The van der Waals surface area contributed by atoms with Gasteiger partial charge in [0.1, 0.15) is 6.04 Å². The van der Waals surface area contributed by atoms with E-state index in [9.17, 15) is 9.59 Å². The van der Waals surface area contributed by atoms with Gasteiger partial charge in [0.05, 0.1) is 0 Å². The summed E-state index contributed by atoms with van der Waals surface area (Å²) in [5.41, 5.74) is 2.94. The van der Waals surface area contributed by atoms with Gasteiger partial charge in [0, 0.05) is 30.5 Å². The molecule has 1 N–H and O–H groups in total. The third kappa shape index (κ3) is 5.98. The average molecular weight is 449 g/mol. The highest BCUT2D eigenvalue weighted by atomic mass is 35.5. The second-order valence-corrected chi connectivity index (χ2v) is 8.17. The smallest absolute Gasteiger partial charge is 0.242 e. The van der Waals surface area contributed by atoms with Crippen LogP contribution < -0.4 is 5.32 Å². The largest absolute Gasteiger partial charge is 0.355 e. The molecule has 3 rings (SSSR count). The Hall–Kier alpha value is -3.11. The standard InChI is InChI=1S/C27H29ClN2O2/c1-3-29-27(32)20(2)30(19-23-16-10-11-17-25(23)28)26(31)18-24(21-12-6-4-7-13-21)22-14-8-5-9-15-22/h4-17,20,24H,3,18-19H2,1-2H3,(H,29,32)/t20-/m1/s1. The van der Waals surface area contributed by atoms with E-state index >= 15 is 0 Å². The van der Waals surface area contributed by atoms with Gasteiger partial charge in [0.25, 0.3) is 0 Å². The SMILES string of the molecule is CCNC(=O)[C@@H](C)N(Cc1ccccc1Cl)C(=O)CC(c1ccccc1)c1ccccc1. The van der Waals surface area contributed by atoms with Crippen molar-refractivity contribution in [1.29, 1.82) is 0 Å². The Morgan fingerprint density at radius 3 is 1.94 bits per heavy atom. The van der Waals surface area contributed by atoms with Crippen LogP contribution in [0.25, 0.3) is 0 Å². The van der Waals surface area contributed by atoms with Crippen molar-refractivity contribution in [3.05, 3.63) is 107 Å². The molecule has 0 saturated carbocycles. The van der Waals surface area contributed by atoms with E-state index in [2.05, 4.69) is 5.32 Å². The minimum absolute atomic E-state index is 0.0959. The van der Waals surface area contributed by atoms with E-state index in [1.165, 1.54) is 0 Å². The topological polar surface area (TPSA) is 49.4 Å². The maximum atomic E-state index is 13.7. The minimum atomic E-state index is -0.620. The molecule has 0 aliphatic carbocycles. The summed E-state index contributed by atoms with van der Waals surface area (Å²) < 4.78 is 0. The van der Waals surface area contributed by atoms with Gasteiger partial charge in [-0.05, 0) is 36.6 Å². The summed E-state index contributed by atoms with van der Waals surface area (Å²) in [5.74, 6) is -0.384. The van der Waals surface area contributed by atoms with Crippen molar-refractivity contribution < 1.29 is 9.59 Å². The number of hydrogen-bond donors (Lipinski definition) is 1. The molecule has 0 spiro atoms. The number of hydrogen-bond acceptors (Lipinski definition) is 2. The number of carbonyl (C=O) groups is 2. The number of nitrogens with one attached hydrogen (secondary N) is 1. The van der Waals surface area contributed by atoms with E-state index in [-0.39, 0.29) is 30.7 Å². The monoisotopic (exact) mass is 448 g/mol. The Labute approximate surface area is 195 Å². The molecule has 32 heavy (non-hydrogen) atoms. The molecular weight excluding hydrogens is 420 g/mol. The highest BCUT2D eigenvalue weighted by molar-refractivity contribution is 6.31. The number of nitrogens with zero attached hydrogens (tertiary/aromatic N) is 1. The highest BCUT2D eigenvalue weighted by Crippen LogP contribution is 2.29. The third-order valence-electron chi connectivity index (χ3n) is 5.60. The predicted octanol–water partition coefficient (Wildman–Crippen LogP) is 5.42. The summed E-state index contributed by atoms with van der Waals surface area (Å²) in [5, 5.41) is 3.41. The second kappa shape index (κ2) is 11.5. The molecule has 0 saturated heterocycles. The lowest BCUT2D eigenvalue weighted by molar-refractivity contribution is -0.140. The highest BCUT2D eigenvalue weighted by Gasteiger charge is 2.29. The Balaban J connectivity index is 1.92. The molecule has 3 aromatic carbocycles. The Bertz CT molecular complexity index is 985. The first-order valence-corrected chi connectivity index (χ1v) is 11.3. The summed E-state index contributed by atoms with van der Waals surface area (Å²) in [6.45, 7) is 4.41. The van der Waals surface area contributed by atoms with E-state index in [1.54, 1.807) is 17.9 Å². The molecule has 0 heterocycles. The van der Waals surface area contributed by atoms with Crippen LogP contribution in [0.2, 0.25) is 5.02 Å². The molecule has 3 aromatic rings. The predicted molar refractivity (Wildman–Crippen MR) is 129 cm³/mol. The fourth-order valence-corrected chi connectivity index (χ4v) is 4.00. The fourth-order valence-electron chi connectivity index (χ4n) is 3.81. The van der Waals surface area contributed by atoms with Crippen molar-refractivity contribution in [1.82, 2.24) is 10.2 Å². The van der Waals surface area contributed by atoms with Crippen molar-refractivity contribution >= 4 is 23.4 Å². The summed E-state index contributed by atoms with van der Waals surface area (Å²) >= 11 is 6.38. The van der Waals surface area contributed by atoms with E-state index in [1.807, 2.05) is 85.8 Å². The molecule has 0 aliphatic rings. The van der Waals surface area contributed by atoms with Crippen LogP contribution in [-0.2, 0) is 16.1 Å². The first kappa shape index (κ1) is 23.6. The summed E-state index contributed by atoms with van der Waals surface area (Å²) in [6.07, 6.45) is 0.252. The van der Waals surface area contributed by atoms with Gasteiger partial charge in [-0.25, -0.2) is 0 Å². The van der Waals surface area contributed by atoms with Crippen LogP contribution in [-0.4, -0.2) is 29.3 Å². The molecule has 0 aliphatic heterocycles. The van der Waals surface area contributed by atoms with Gasteiger partial charge in [-0.15, -0.1) is 0 Å². The molecule has 0 fully saturated rings. The lowest BCUT2D eigenvalue weighted by atomic mass is 9.88. The fraction of sp³-hybridized carbons (Fsp3) is 0.259. The Kier molecular flexibility index (Phi) is 8.46. The number of amides is 2. The van der Waals surface area contributed by atoms with Gasteiger partial charge in [-0.1, -0.05) is 90.5 Å². The van der Waals surface area contributed by atoms with Gasteiger partial charge in [0.15, 0.2) is 0 Å². The average Bonchev–Trinajstić information content (AvgIpc) is 2.82. The zero-order valence-corrected chi connectivity index (χ0v) is 19.3. The van der Waals surface area contributed by atoms with Gasteiger partial charge < -0.3 is 10.2 Å². The van der Waals surface area contributed by atoms with E-state index < -0.39 is 6.04 Å². The minimum Gasteiger partial charge on any atom is -0.355 e. The molecular formula is C27H29ClN2O2. The Morgan fingerprint density at radius 1 is 0.875 bits per heavy atom. The summed E-state index contributed by atoms with van der Waals surface area (Å²) in [7, 11) is 0. The van der Waals surface area contributed by atoms with Gasteiger partial charge >= 0.3 is 0 Å². The quantitative estimate of drug-likeness (QED) is 0.475. The molecule has 0 radical (unpaired) electrons. The summed E-state index contributed by atoms with van der Waals surface area (Å²) in [6, 6.07) is 26.8. The maximum Gasteiger partial charge on any atom is 0.242 e. The van der Waals surface area contributed by atoms with Crippen LogP contribution >= 0.6 is 11.6 Å². The van der Waals surface area contributed by atoms with Gasteiger partial charge in [-0.2, -0.15) is 0 Å². The van der Waals surface area contributed by atoms with E-state index in [0.29, 0.717) is 11.6 Å². The maximum absolute atomic E-state index is 13.7. The normalized spacial score (nSPS) is 11.8. The number of likely N-dealkylation sites (N-methyl/N-ethyl adjacent to an activating group) is 1. The molecule has 4 nitrogen and oxygen atoms in total. The first-order valence-electron chi connectivity index (χ1n) is 10.9. The summed E-state index contributed by atoms with van der Waals surface area (Å²) in [4.78, 5) is 28.0. The molecule has 5 heteroatoms. The lowest BCUT2D eigenvalue weighted by Gasteiger charge is -2.30. The third-order valence-corrected chi connectivity index (χ3v) is 5.97. The van der Waals surface area contributed by atoms with Crippen LogP contribution in [0, 0.1) is 0 Å². The number of carbonyl (C=O) groups excluding carboxylic acids is 2.